The highest BCUT2D eigenvalue weighted by atomic mass is 16.4. The summed E-state index contributed by atoms with van der Waals surface area (Å²) in [7, 11) is 0. The summed E-state index contributed by atoms with van der Waals surface area (Å²) in [6.45, 7) is 12.4. The summed E-state index contributed by atoms with van der Waals surface area (Å²) in [6, 6.07) is 11.4. The third-order valence-electron chi connectivity index (χ3n) is 5.49. The van der Waals surface area contributed by atoms with Crippen molar-refractivity contribution in [3.8, 4) is 11.1 Å². The van der Waals surface area contributed by atoms with Crippen LogP contribution in [-0.4, -0.2) is 45.1 Å². The molecule has 2 aromatic rings. The molecule has 30 heavy (non-hydrogen) atoms. The van der Waals surface area contributed by atoms with Gasteiger partial charge in [-0.25, -0.2) is 9.78 Å². The Kier molecular flexibility index (Phi) is 5.63. The highest BCUT2D eigenvalue weighted by molar-refractivity contribution is 6.00. The van der Waals surface area contributed by atoms with Crippen molar-refractivity contribution in [1.29, 1.82) is 0 Å². The molecular formula is C24H31N3O3. The van der Waals surface area contributed by atoms with Crippen LogP contribution in [0, 0.1) is 0 Å². The smallest absolute Gasteiger partial charge is 0.408 e. The monoisotopic (exact) mass is 409 g/mol. The lowest BCUT2D eigenvalue weighted by molar-refractivity contribution is -0.122. The summed E-state index contributed by atoms with van der Waals surface area (Å²) in [4.78, 5) is 32.2. The molecule has 0 saturated carbocycles. The zero-order valence-electron chi connectivity index (χ0n) is 18.6. The van der Waals surface area contributed by atoms with Gasteiger partial charge >= 0.3 is 6.09 Å². The Morgan fingerprint density at radius 1 is 1.10 bits per heavy atom. The number of hydrogen-bond acceptors (Lipinski definition) is 3. The predicted molar refractivity (Wildman–Crippen MR) is 119 cm³/mol. The number of nitrogens with zero attached hydrogens (tertiary/aromatic N) is 3. The fourth-order valence-corrected chi connectivity index (χ4v) is 4.11. The average Bonchev–Trinajstić information content (AvgIpc) is 3.01. The van der Waals surface area contributed by atoms with Crippen molar-refractivity contribution >= 4 is 17.8 Å². The number of anilines is 1. The highest BCUT2D eigenvalue weighted by Crippen LogP contribution is 2.34. The van der Waals surface area contributed by atoms with Crippen LogP contribution >= 0.6 is 0 Å². The van der Waals surface area contributed by atoms with Crippen LogP contribution in [0.4, 0.5) is 10.6 Å². The Labute approximate surface area is 178 Å². The van der Waals surface area contributed by atoms with Crippen molar-refractivity contribution in [1.82, 2.24) is 9.88 Å². The maximum Gasteiger partial charge on any atom is 0.408 e. The van der Waals surface area contributed by atoms with E-state index in [1.165, 1.54) is 10.5 Å². The fourth-order valence-electron chi connectivity index (χ4n) is 4.11. The number of carboxylic acid groups (broad SMARTS) is 1. The normalized spacial score (nSPS) is 17.3. The molecule has 1 aromatic heterocycles. The van der Waals surface area contributed by atoms with Crippen molar-refractivity contribution in [3.05, 3.63) is 48.2 Å². The van der Waals surface area contributed by atoms with Crippen LogP contribution in [0.25, 0.3) is 11.1 Å². The van der Waals surface area contributed by atoms with E-state index in [0.29, 0.717) is 18.8 Å². The Morgan fingerprint density at radius 3 is 2.30 bits per heavy atom. The Hall–Kier alpha value is -2.89. The van der Waals surface area contributed by atoms with E-state index in [2.05, 4.69) is 37.9 Å². The quantitative estimate of drug-likeness (QED) is 0.780. The number of hydrogen-bond donors (Lipinski definition) is 1. The number of rotatable bonds is 3. The minimum atomic E-state index is -1.08. The van der Waals surface area contributed by atoms with Crippen LogP contribution in [0.5, 0.6) is 0 Å². The number of pyridine rings is 1. The fraction of sp³-hybridized carbons (Fsp3) is 0.458. The molecule has 2 heterocycles. The van der Waals surface area contributed by atoms with E-state index in [9.17, 15) is 14.7 Å². The second-order valence-corrected chi connectivity index (χ2v) is 9.82. The largest absolute Gasteiger partial charge is 0.465 e. The first kappa shape index (κ1) is 21.8. The Bertz CT molecular complexity index is 939. The summed E-state index contributed by atoms with van der Waals surface area (Å²) in [5.74, 6) is 0.335. The molecule has 1 aromatic carbocycles. The van der Waals surface area contributed by atoms with Crippen molar-refractivity contribution in [3.63, 3.8) is 0 Å². The first-order chi connectivity index (χ1) is 13.9. The number of amides is 2. The molecule has 0 aliphatic carbocycles. The number of benzene rings is 1. The van der Waals surface area contributed by atoms with Gasteiger partial charge in [-0.15, -0.1) is 0 Å². The molecule has 1 aliphatic heterocycles. The lowest BCUT2D eigenvalue weighted by atomic mass is 9.82. The van der Waals surface area contributed by atoms with Crippen LogP contribution in [0.3, 0.4) is 0 Å². The summed E-state index contributed by atoms with van der Waals surface area (Å²) in [5, 5.41) is 9.64. The van der Waals surface area contributed by atoms with Crippen molar-refractivity contribution in [2.24, 2.45) is 0 Å². The van der Waals surface area contributed by atoms with Crippen LogP contribution in [0.1, 0.15) is 53.5 Å². The second kappa shape index (κ2) is 7.74. The first-order valence-electron chi connectivity index (χ1n) is 10.3. The second-order valence-electron chi connectivity index (χ2n) is 9.82. The van der Waals surface area contributed by atoms with E-state index >= 15 is 0 Å². The molecule has 0 radical (unpaired) electrons. The van der Waals surface area contributed by atoms with Gasteiger partial charge in [0.1, 0.15) is 11.9 Å². The van der Waals surface area contributed by atoms with Crippen molar-refractivity contribution in [2.75, 3.05) is 11.4 Å². The molecule has 1 saturated heterocycles. The van der Waals surface area contributed by atoms with Gasteiger partial charge in [0.05, 0.1) is 0 Å². The molecule has 1 atom stereocenters. The van der Waals surface area contributed by atoms with E-state index < -0.39 is 17.7 Å². The molecule has 3 rings (SSSR count). The van der Waals surface area contributed by atoms with Crippen molar-refractivity contribution < 1.29 is 14.7 Å². The minimum absolute atomic E-state index is 0.000646. The lowest BCUT2D eigenvalue weighted by Crippen LogP contribution is -2.54. The molecule has 6 heteroatoms. The Morgan fingerprint density at radius 2 is 1.77 bits per heavy atom. The first-order valence-corrected chi connectivity index (χ1v) is 10.3. The molecule has 2 amide bonds. The van der Waals surface area contributed by atoms with E-state index in [4.69, 9.17) is 0 Å². The summed E-state index contributed by atoms with van der Waals surface area (Å²) >= 11 is 0. The van der Waals surface area contributed by atoms with E-state index in [1.54, 1.807) is 31.9 Å². The summed E-state index contributed by atoms with van der Waals surface area (Å²) in [5.41, 5.74) is 2.70. The summed E-state index contributed by atoms with van der Waals surface area (Å²) < 4.78 is 0. The molecule has 0 spiro atoms. The average molecular weight is 410 g/mol. The zero-order chi connectivity index (χ0) is 22.3. The molecule has 6 nitrogen and oxygen atoms in total. The van der Waals surface area contributed by atoms with Gasteiger partial charge in [-0.1, -0.05) is 45.0 Å². The van der Waals surface area contributed by atoms with Crippen LogP contribution in [0.2, 0.25) is 0 Å². The standard InChI is InChI=1S/C24H31N3O3/c1-23(2,3)18-10-8-7-9-17(18)16-11-12-20(25-15-16)26-14-13-19(21(26)28)27(22(29)30)24(4,5)6/h7-12,15,19H,13-14H2,1-6H3,(H,29,30)/t19-/m0/s1. The van der Waals surface area contributed by atoms with Gasteiger partial charge in [-0.3, -0.25) is 14.6 Å². The third-order valence-corrected chi connectivity index (χ3v) is 5.49. The van der Waals surface area contributed by atoms with Gasteiger partial charge in [-0.2, -0.15) is 0 Å². The third kappa shape index (κ3) is 4.18. The minimum Gasteiger partial charge on any atom is -0.465 e. The van der Waals surface area contributed by atoms with E-state index in [0.717, 1.165) is 11.1 Å². The number of carbonyl (C=O) groups excluding carboxylic acids is 1. The number of carbonyl (C=O) groups is 2. The molecular weight excluding hydrogens is 378 g/mol. The molecule has 0 bridgehead atoms. The van der Waals surface area contributed by atoms with Gasteiger partial charge in [-0.05, 0) is 55.9 Å². The summed E-state index contributed by atoms with van der Waals surface area (Å²) in [6.07, 6.45) is 1.17. The van der Waals surface area contributed by atoms with E-state index in [1.807, 2.05) is 24.3 Å². The SMILES string of the molecule is CC(C)(C)c1ccccc1-c1ccc(N2CC[C@H](N(C(=O)O)C(C)(C)C)C2=O)nc1. The maximum atomic E-state index is 13.0. The lowest BCUT2D eigenvalue weighted by Gasteiger charge is -2.36. The van der Waals surface area contributed by atoms with Gasteiger partial charge in [0.2, 0.25) is 0 Å². The van der Waals surface area contributed by atoms with Gasteiger partial charge in [0.25, 0.3) is 5.91 Å². The zero-order valence-corrected chi connectivity index (χ0v) is 18.6. The molecule has 1 aliphatic rings. The molecule has 160 valence electrons. The molecule has 1 fully saturated rings. The molecule has 0 unspecified atom stereocenters. The van der Waals surface area contributed by atoms with Crippen LogP contribution in [0.15, 0.2) is 42.6 Å². The highest BCUT2D eigenvalue weighted by Gasteiger charge is 2.43. The van der Waals surface area contributed by atoms with Gasteiger partial charge in [0.15, 0.2) is 0 Å². The van der Waals surface area contributed by atoms with E-state index in [-0.39, 0.29) is 11.3 Å². The van der Waals surface area contributed by atoms with Crippen LogP contribution < -0.4 is 4.90 Å². The topological polar surface area (TPSA) is 73.7 Å². The molecule has 1 N–H and O–H groups in total. The maximum absolute atomic E-state index is 13.0. The van der Waals surface area contributed by atoms with Crippen molar-refractivity contribution in [2.45, 2.75) is 65.0 Å². The predicted octanol–water partition coefficient (Wildman–Crippen LogP) is 4.93. The number of aromatic nitrogens is 1. The van der Waals surface area contributed by atoms with Crippen LogP contribution in [-0.2, 0) is 10.2 Å². The van der Waals surface area contributed by atoms with Gasteiger partial charge in [0, 0.05) is 23.8 Å². The van der Waals surface area contributed by atoms with Gasteiger partial charge < -0.3 is 5.11 Å². The Balaban J connectivity index is 1.87.